The van der Waals surface area contributed by atoms with Crippen LogP contribution < -0.4 is 10.9 Å². The number of hydrogen-bond acceptors (Lipinski definition) is 4. The maximum absolute atomic E-state index is 12.1. The van der Waals surface area contributed by atoms with Crippen LogP contribution in [0.4, 0.5) is 0 Å². The second-order valence-electron chi connectivity index (χ2n) is 8.49. The normalized spacial score (nSPS) is 10.9. The summed E-state index contributed by atoms with van der Waals surface area (Å²) < 4.78 is 5.19. The van der Waals surface area contributed by atoms with Crippen LogP contribution in [0.2, 0.25) is 0 Å². The first kappa shape index (κ1) is 24.1. The van der Waals surface area contributed by atoms with Crippen LogP contribution in [0.3, 0.4) is 0 Å². The molecule has 0 spiro atoms. The van der Waals surface area contributed by atoms with Crippen molar-refractivity contribution in [2.75, 3.05) is 6.61 Å². The van der Waals surface area contributed by atoms with Gasteiger partial charge < -0.3 is 4.74 Å². The predicted molar refractivity (Wildman–Crippen MR) is 120 cm³/mol. The lowest BCUT2D eigenvalue weighted by atomic mass is 9.87. The van der Waals surface area contributed by atoms with Crippen LogP contribution in [0.1, 0.15) is 67.9 Å². The molecule has 0 unspecified atom stereocenters. The van der Waals surface area contributed by atoms with Crippen molar-refractivity contribution < 1.29 is 19.1 Å². The summed E-state index contributed by atoms with van der Waals surface area (Å²) >= 11 is 0. The number of hydrogen-bond donors (Lipinski definition) is 2. The number of amides is 2. The highest BCUT2D eigenvalue weighted by atomic mass is 16.5. The summed E-state index contributed by atoms with van der Waals surface area (Å²) in [5.74, 6) is -1.05. The van der Waals surface area contributed by atoms with Crippen molar-refractivity contribution in [3.63, 3.8) is 0 Å². The number of hydrazine groups is 1. The second kappa shape index (κ2) is 11.9. The second-order valence-corrected chi connectivity index (χ2v) is 8.49. The molecule has 2 aromatic rings. The highest BCUT2D eigenvalue weighted by Gasteiger charge is 2.14. The van der Waals surface area contributed by atoms with E-state index in [1.165, 1.54) is 5.56 Å². The molecule has 0 radical (unpaired) electrons. The van der Waals surface area contributed by atoms with Crippen LogP contribution >= 0.6 is 0 Å². The average molecular weight is 425 g/mol. The molecule has 0 bridgehead atoms. The Hall–Kier alpha value is -3.15. The lowest BCUT2D eigenvalue weighted by Crippen LogP contribution is -2.41. The first-order chi connectivity index (χ1) is 14.8. The van der Waals surface area contributed by atoms with Gasteiger partial charge in [0.15, 0.2) is 0 Å². The molecular formula is C25H32N2O4. The summed E-state index contributed by atoms with van der Waals surface area (Å²) in [6.45, 7) is 6.67. The van der Waals surface area contributed by atoms with Crippen molar-refractivity contribution in [1.29, 1.82) is 0 Å². The third kappa shape index (κ3) is 9.03. The van der Waals surface area contributed by atoms with E-state index in [0.29, 0.717) is 18.6 Å². The highest BCUT2D eigenvalue weighted by molar-refractivity contribution is 5.95. The molecule has 6 nitrogen and oxygen atoms in total. The molecule has 0 saturated heterocycles. The molecule has 0 aliphatic rings. The number of benzene rings is 2. The summed E-state index contributed by atoms with van der Waals surface area (Å²) in [6, 6.07) is 17.3. The minimum atomic E-state index is -0.383. The Morgan fingerprint density at radius 1 is 0.839 bits per heavy atom. The molecule has 0 saturated carbocycles. The number of carbonyl (C=O) groups is 3. The van der Waals surface area contributed by atoms with E-state index in [-0.39, 0.29) is 36.0 Å². The van der Waals surface area contributed by atoms with Gasteiger partial charge in [-0.2, -0.15) is 0 Å². The molecule has 0 aliphatic carbocycles. The fourth-order valence-corrected chi connectivity index (χ4v) is 2.96. The zero-order valence-electron chi connectivity index (χ0n) is 18.6. The minimum Gasteiger partial charge on any atom is -0.466 e. The summed E-state index contributed by atoms with van der Waals surface area (Å²) in [5.41, 5.74) is 7.58. The largest absolute Gasteiger partial charge is 0.466 e. The minimum absolute atomic E-state index is 0.00621. The van der Waals surface area contributed by atoms with E-state index in [2.05, 4.69) is 31.6 Å². The zero-order valence-corrected chi connectivity index (χ0v) is 18.6. The van der Waals surface area contributed by atoms with Gasteiger partial charge in [0.05, 0.1) is 6.61 Å². The zero-order chi connectivity index (χ0) is 22.7. The quantitative estimate of drug-likeness (QED) is 0.361. The number of esters is 1. The number of ether oxygens (including phenoxy) is 1. The molecule has 2 amide bonds. The summed E-state index contributed by atoms with van der Waals surface area (Å²) in [4.78, 5) is 35.8. The van der Waals surface area contributed by atoms with E-state index in [1.807, 2.05) is 42.5 Å². The molecule has 0 aromatic heterocycles. The third-order valence-corrected chi connectivity index (χ3v) is 4.83. The van der Waals surface area contributed by atoms with E-state index >= 15 is 0 Å². The van der Waals surface area contributed by atoms with Gasteiger partial charge in [0.2, 0.25) is 5.91 Å². The molecule has 0 heterocycles. The van der Waals surface area contributed by atoms with Gasteiger partial charge in [0.1, 0.15) is 0 Å². The van der Waals surface area contributed by atoms with E-state index < -0.39 is 0 Å². The topological polar surface area (TPSA) is 84.5 Å². The number of nitrogens with one attached hydrogen (secondary N) is 2. The standard InChI is InChI=1S/C25H32N2O4/c1-25(2,3)21-16-14-20(15-17-21)24(30)27-26-22(28)12-7-13-23(29)31-18-8-11-19-9-5-4-6-10-19/h4-6,9-10,14-17H,7-8,11-13,18H2,1-3H3,(H,26,28)(H,27,30). The molecule has 0 fully saturated rings. The summed E-state index contributed by atoms with van der Waals surface area (Å²) in [5, 5.41) is 0. The maximum Gasteiger partial charge on any atom is 0.305 e. The highest BCUT2D eigenvalue weighted by Crippen LogP contribution is 2.22. The molecule has 6 heteroatoms. The monoisotopic (exact) mass is 424 g/mol. The van der Waals surface area contributed by atoms with Crippen LogP contribution in [-0.2, 0) is 26.2 Å². The molecule has 2 rings (SSSR count). The van der Waals surface area contributed by atoms with Crippen LogP contribution in [0.5, 0.6) is 0 Å². The van der Waals surface area contributed by atoms with Gasteiger partial charge in [0.25, 0.3) is 5.91 Å². The molecule has 2 N–H and O–H groups in total. The Balaban J connectivity index is 1.58. The third-order valence-electron chi connectivity index (χ3n) is 4.83. The smallest absolute Gasteiger partial charge is 0.305 e. The Bertz CT molecular complexity index is 855. The van der Waals surface area contributed by atoms with Gasteiger partial charge in [-0.3, -0.25) is 25.2 Å². The summed E-state index contributed by atoms with van der Waals surface area (Å²) in [6.07, 6.45) is 2.27. The van der Waals surface area contributed by atoms with E-state index in [1.54, 1.807) is 12.1 Å². The number of rotatable bonds is 9. The number of carbonyl (C=O) groups excluding carboxylic acids is 3. The first-order valence-electron chi connectivity index (χ1n) is 10.6. The van der Waals surface area contributed by atoms with Crippen LogP contribution in [0.15, 0.2) is 54.6 Å². The molecule has 166 valence electrons. The van der Waals surface area contributed by atoms with Crippen molar-refractivity contribution in [2.45, 2.75) is 58.3 Å². The Morgan fingerprint density at radius 2 is 1.52 bits per heavy atom. The van der Waals surface area contributed by atoms with E-state index in [4.69, 9.17) is 4.74 Å². The van der Waals surface area contributed by atoms with Crippen molar-refractivity contribution in [2.24, 2.45) is 0 Å². The van der Waals surface area contributed by atoms with Crippen molar-refractivity contribution >= 4 is 17.8 Å². The molecule has 0 atom stereocenters. The van der Waals surface area contributed by atoms with Crippen molar-refractivity contribution in [3.8, 4) is 0 Å². The SMILES string of the molecule is CC(C)(C)c1ccc(C(=O)NNC(=O)CCCC(=O)OCCCc2ccccc2)cc1. The maximum atomic E-state index is 12.1. The first-order valence-corrected chi connectivity index (χ1v) is 10.6. The lowest BCUT2D eigenvalue weighted by Gasteiger charge is -2.19. The van der Waals surface area contributed by atoms with Gasteiger partial charge in [-0.05, 0) is 47.9 Å². The molecule has 0 aliphatic heterocycles. The van der Waals surface area contributed by atoms with Crippen molar-refractivity contribution in [1.82, 2.24) is 10.9 Å². The molecule has 2 aromatic carbocycles. The Morgan fingerprint density at radius 3 is 2.16 bits per heavy atom. The Labute approximate surface area is 184 Å². The van der Waals surface area contributed by atoms with Crippen LogP contribution in [0, 0.1) is 0 Å². The number of aryl methyl sites for hydroxylation is 1. The fourth-order valence-electron chi connectivity index (χ4n) is 2.96. The molecular weight excluding hydrogens is 392 g/mol. The van der Waals surface area contributed by atoms with Gasteiger partial charge in [0, 0.05) is 18.4 Å². The van der Waals surface area contributed by atoms with Gasteiger partial charge >= 0.3 is 5.97 Å². The van der Waals surface area contributed by atoms with E-state index in [9.17, 15) is 14.4 Å². The summed E-state index contributed by atoms with van der Waals surface area (Å²) in [7, 11) is 0. The average Bonchev–Trinajstić information content (AvgIpc) is 2.75. The van der Waals surface area contributed by atoms with E-state index in [0.717, 1.165) is 18.4 Å². The van der Waals surface area contributed by atoms with Gasteiger partial charge in [-0.1, -0.05) is 63.2 Å². The van der Waals surface area contributed by atoms with Gasteiger partial charge in [-0.15, -0.1) is 0 Å². The lowest BCUT2D eigenvalue weighted by molar-refractivity contribution is -0.143. The fraction of sp³-hybridized carbons (Fsp3) is 0.400. The molecule has 31 heavy (non-hydrogen) atoms. The Kier molecular flexibility index (Phi) is 9.25. The van der Waals surface area contributed by atoms with Crippen molar-refractivity contribution in [3.05, 3.63) is 71.3 Å². The van der Waals surface area contributed by atoms with Crippen LogP contribution in [-0.4, -0.2) is 24.4 Å². The van der Waals surface area contributed by atoms with Crippen LogP contribution in [0.25, 0.3) is 0 Å². The van der Waals surface area contributed by atoms with Gasteiger partial charge in [-0.25, -0.2) is 0 Å². The predicted octanol–water partition coefficient (Wildman–Crippen LogP) is 4.09.